The average Bonchev–Trinajstić information content (AvgIpc) is 2.94. The molecule has 6 heteroatoms. The molecule has 2 aromatic carbocycles. The molecule has 3 aliphatic heterocycles. The number of halogens is 1. The molecular weight excluding hydrogens is 428 g/mol. The number of fused-ring (bicyclic) bond motifs is 4. The van der Waals surface area contributed by atoms with Crippen molar-refractivity contribution < 1.29 is 4.79 Å². The van der Waals surface area contributed by atoms with Crippen LogP contribution >= 0.6 is 15.9 Å². The van der Waals surface area contributed by atoms with Gasteiger partial charge in [-0.15, -0.1) is 0 Å². The molecule has 0 unspecified atom stereocenters. The van der Waals surface area contributed by atoms with E-state index in [1.165, 1.54) is 16.8 Å². The minimum absolute atomic E-state index is 0.0848. The molecular formula is C23H25BrN4O. The zero-order valence-electron chi connectivity index (χ0n) is 17.0. The standard InChI is InChI=1S/C23H25BrN4O/c1-15-4-7-19(8-5-15)28-22(29)23(16(2)25-28)13-17-12-18(24)6-9-20(17)27-11-10-26(3)14-21(23)27/h4-9,12,21H,10-11,13-14H2,1-3H3/t21-,23+/m0/s1. The summed E-state index contributed by atoms with van der Waals surface area (Å²) in [7, 11) is 2.14. The van der Waals surface area contributed by atoms with Gasteiger partial charge in [0.2, 0.25) is 0 Å². The van der Waals surface area contributed by atoms with Gasteiger partial charge in [0, 0.05) is 29.8 Å². The lowest BCUT2D eigenvalue weighted by Crippen LogP contribution is -2.66. The van der Waals surface area contributed by atoms with Crippen molar-refractivity contribution in [2.45, 2.75) is 26.3 Å². The van der Waals surface area contributed by atoms with Gasteiger partial charge in [-0.1, -0.05) is 33.6 Å². The molecule has 1 amide bonds. The molecule has 2 aromatic rings. The van der Waals surface area contributed by atoms with E-state index in [0.717, 1.165) is 35.5 Å². The van der Waals surface area contributed by atoms with Gasteiger partial charge in [0.1, 0.15) is 5.41 Å². The molecule has 0 radical (unpaired) electrons. The number of hydrogen-bond acceptors (Lipinski definition) is 4. The summed E-state index contributed by atoms with van der Waals surface area (Å²) < 4.78 is 1.05. The van der Waals surface area contributed by atoms with E-state index in [1.807, 2.05) is 31.2 Å². The zero-order valence-corrected chi connectivity index (χ0v) is 18.6. The van der Waals surface area contributed by atoms with Crippen LogP contribution in [-0.2, 0) is 11.2 Å². The number of amides is 1. The number of hydrazone groups is 1. The lowest BCUT2D eigenvalue weighted by Gasteiger charge is -2.52. The van der Waals surface area contributed by atoms with Crippen LogP contribution in [0.2, 0.25) is 0 Å². The van der Waals surface area contributed by atoms with Gasteiger partial charge in [-0.3, -0.25) is 4.79 Å². The highest BCUT2D eigenvalue weighted by molar-refractivity contribution is 9.10. The molecule has 1 saturated heterocycles. The molecule has 0 bridgehead atoms. The number of carbonyl (C=O) groups is 1. The van der Waals surface area contributed by atoms with Crippen LogP contribution in [0.1, 0.15) is 18.1 Å². The Morgan fingerprint density at radius 3 is 2.62 bits per heavy atom. The van der Waals surface area contributed by atoms with Crippen molar-refractivity contribution in [3.63, 3.8) is 0 Å². The number of hydrogen-bond donors (Lipinski definition) is 0. The first-order valence-electron chi connectivity index (χ1n) is 10.1. The summed E-state index contributed by atoms with van der Waals surface area (Å²) in [5.41, 5.74) is 4.77. The highest BCUT2D eigenvalue weighted by atomic mass is 79.9. The molecule has 29 heavy (non-hydrogen) atoms. The summed E-state index contributed by atoms with van der Waals surface area (Å²) in [4.78, 5) is 18.8. The van der Waals surface area contributed by atoms with E-state index in [4.69, 9.17) is 5.10 Å². The van der Waals surface area contributed by atoms with E-state index in [9.17, 15) is 4.79 Å². The molecule has 0 saturated carbocycles. The van der Waals surface area contributed by atoms with Crippen LogP contribution in [0, 0.1) is 12.3 Å². The Morgan fingerprint density at radius 1 is 1.10 bits per heavy atom. The molecule has 1 spiro atoms. The van der Waals surface area contributed by atoms with Gasteiger partial charge in [0.25, 0.3) is 5.91 Å². The van der Waals surface area contributed by atoms with Gasteiger partial charge in [-0.05, 0) is 63.2 Å². The van der Waals surface area contributed by atoms with E-state index in [-0.39, 0.29) is 11.9 Å². The second-order valence-corrected chi connectivity index (χ2v) is 9.45. The van der Waals surface area contributed by atoms with Crippen molar-refractivity contribution in [2.75, 3.05) is 36.6 Å². The molecule has 5 nitrogen and oxygen atoms in total. The minimum Gasteiger partial charge on any atom is -0.364 e. The van der Waals surface area contributed by atoms with Crippen LogP contribution in [0.4, 0.5) is 11.4 Å². The molecule has 5 rings (SSSR count). The zero-order chi connectivity index (χ0) is 20.3. The molecule has 0 N–H and O–H groups in total. The Balaban J connectivity index is 1.63. The van der Waals surface area contributed by atoms with Crippen LogP contribution in [0.3, 0.4) is 0 Å². The highest BCUT2D eigenvalue weighted by Crippen LogP contribution is 2.48. The summed E-state index contributed by atoms with van der Waals surface area (Å²) in [6, 6.07) is 14.6. The summed E-state index contributed by atoms with van der Waals surface area (Å²) in [5, 5.41) is 6.43. The predicted octanol–water partition coefficient (Wildman–Crippen LogP) is 3.84. The Morgan fingerprint density at radius 2 is 1.86 bits per heavy atom. The first-order valence-corrected chi connectivity index (χ1v) is 10.9. The molecule has 0 aliphatic carbocycles. The van der Waals surface area contributed by atoms with Crippen LogP contribution in [0.5, 0.6) is 0 Å². The van der Waals surface area contributed by atoms with E-state index in [2.05, 4.69) is 57.9 Å². The SMILES string of the molecule is CC1=NN(c2ccc(C)cc2)C(=O)[C@]12Cc1cc(Br)ccc1N1CCN(C)C[C@H]12. The van der Waals surface area contributed by atoms with Crippen molar-refractivity contribution in [2.24, 2.45) is 10.5 Å². The van der Waals surface area contributed by atoms with E-state index in [0.29, 0.717) is 6.42 Å². The van der Waals surface area contributed by atoms with Crippen LogP contribution in [0.25, 0.3) is 0 Å². The van der Waals surface area contributed by atoms with Crippen molar-refractivity contribution >= 4 is 38.9 Å². The minimum atomic E-state index is -0.632. The third kappa shape index (κ3) is 2.76. The quantitative estimate of drug-likeness (QED) is 0.659. The number of carbonyl (C=O) groups excluding carboxylic acids is 1. The Labute approximate surface area is 180 Å². The fraction of sp³-hybridized carbons (Fsp3) is 0.391. The number of likely N-dealkylation sites (N-methyl/N-ethyl adjacent to an activating group) is 1. The monoisotopic (exact) mass is 452 g/mol. The van der Waals surface area contributed by atoms with Gasteiger partial charge in [-0.2, -0.15) is 10.1 Å². The lowest BCUT2D eigenvalue weighted by atomic mass is 9.67. The topological polar surface area (TPSA) is 39.2 Å². The van der Waals surface area contributed by atoms with Crippen LogP contribution in [0.15, 0.2) is 52.0 Å². The van der Waals surface area contributed by atoms with Gasteiger partial charge in [-0.25, -0.2) is 0 Å². The van der Waals surface area contributed by atoms with E-state index in [1.54, 1.807) is 5.01 Å². The summed E-state index contributed by atoms with van der Waals surface area (Å²) >= 11 is 3.62. The van der Waals surface area contributed by atoms with Crippen molar-refractivity contribution in [3.8, 4) is 0 Å². The lowest BCUT2D eigenvalue weighted by molar-refractivity contribution is -0.125. The number of rotatable bonds is 1. The van der Waals surface area contributed by atoms with E-state index >= 15 is 0 Å². The third-order valence-electron chi connectivity index (χ3n) is 6.72. The molecule has 3 aliphatic rings. The van der Waals surface area contributed by atoms with Crippen LogP contribution < -0.4 is 9.91 Å². The molecule has 2 atom stereocenters. The van der Waals surface area contributed by atoms with Crippen molar-refractivity contribution in [1.82, 2.24) is 4.90 Å². The first-order chi connectivity index (χ1) is 13.9. The fourth-order valence-corrected chi connectivity index (χ4v) is 5.51. The first kappa shape index (κ1) is 18.8. The second kappa shape index (κ2) is 6.67. The highest BCUT2D eigenvalue weighted by Gasteiger charge is 2.59. The maximum Gasteiger partial charge on any atom is 0.261 e. The Kier molecular flexibility index (Phi) is 4.33. The molecule has 3 heterocycles. The largest absolute Gasteiger partial charge is 0.364 e. The van der Waals surface area contributed by atoms with Gasteiger partial charge < -0.3 is 9.80 Å². The van der Waals surface area contributed by atoms with Crippen molar-refractivity contribution in [1.29, 1.82) is 0 Å². The summed E-state index contributed by atoms with van der Waals surface area (Å²) in [6.45, 7) is 6.85. The molecule has 0 aromatic heterocycles. The Bertz CT molecular complexity index is 1020. The van der Waals surface area contributed by atoms with Gasteiger partial charge >= 0.3 is 0 Å². The number of aryl methyl sites for hydroxylation is 1. The Hall–Kier alpha value is -2.18. The number of nitrogens with zero attached hydrogens (tertiary/aromatic N) is 4. The molecule has 1 fully saturated rings. The van der Waals surface area contributed by atoms with E-state index < -0.39 is 5.41 Å². The fourth-order valence-electron chi connectivity index (χ4n) is 5.10. The normalized spacial score (nSPS) is 26.6. The number of piperazine rings is 1. The second-order valence-electron chi connectivity index (χ2n) is 8.53. The van der Waals surface area contributed by atoms with Gasteiger partial charge in [0.05, 0.1) is 17.4 Å². The average molecular weight is 453 g/mol. The summed E-state index contributed by atoms with van der Waals surface area (Å²) in [6.07, 6.45) is 0.688. The molecule has 150 valence electrons. The van der Waals surface area contributed by atoms with Crippen molar-refractivity contribution in [3.05, 3.63) is 58.1 Å². The number of benzene rings is 2. The predicted molar refractivity (Wildman–Crippen MR) is 121 cm³/mol. The number of anilines is 2. The summed E-state index contributed by atoms with van der Waals surface area (Å²) in [5.74, 6) is 0.0924. The smallest absolute Gasteiger partial charge is 0.261 e. The maximum absolute atomic E-state index is 14.0. The van der Waals surface area contributed by atoms with Crippen LogP contribution in [-0.4, -0.2) is 49.2 Å². The van der Waals surface area contributed by atoms with Gasteiger partial charge in [0.15, 0.2) is 0 Å². The maximum atomic E-state index is 14.0. The third-order valence-corrected chi connectivity index (χ3v) is 7.21.